The maximum absolute atomic E-state index is 12.4. The molecular formula is C15H19F3N4O3. The number of carbonyl (C=O) groups is 2. The number of nitrogens with zero attached hydrogens (tertiary/aromatic N) is 2. The summed E-state index contributed by atoms with van der Waals surface area (Å²) < 4.78 is 42.2. The van der Waals surface area contributed by atoms with Crippen molar-refractivity contribution < 1.29 is 27.5 Å². The minimum atomic E-state index is -4.52. The first kappa shape index (κ1) is 18.8. The third kappa shape index (κ3) is 5.50. The van der Waals surface area contributed by atoms with Crippen molar-refractivity contribution in [3.05, 3.63) is 24.0 Å². The second kappa shape index (κ2) is 8.04. The van der Waals surface area contributed by atoms with E-state index in [4.69, 9.17) is 4.74 Å². The SMILES string of the molecule is CCOC(=O)N1CCC(NC(=O)Nc2ccc(C(F)(F)F)nc2)CC1. The molecule has 1 aliphatic rings. The molecule has 2 N–H and O–H groups in total. The fraction of sp³-hybridized carbons (Fsp3) is 0.533. The first-order valence-corrected chi connectivity index (χ1v) is 7.82. The van der Waals surface area contributed by atoms with Gasteiger partial charge in [0.1, 0.15) is 5.69 Å². The Morgan fingerprint density at radius 1 is 1.32 bits per heavy atom. The molecule has 0 spiro atoms. The van der Waals surface area contributed by atoms with E-state index in [-0.39, 0.29) is 17.8 Å². The Kier molecular flexibility index (Phi) is 6.05. The van der Waals surface area contributed by atoms with E-state index in [0.717, 1.165) is 18.3 Å². The van der Waals surface area contributed by atoms with Crippen LogP contribution in [0.3, 0.4) is 0 Å². The molecule has 7 nitrogen and oxygen atoms in total. The quantitative estimate of drug-likeness (QED) is 0.868. The van der Waals surface area contributed by atoms with Gasteiger partial charge in [-0.3, -0.25) is 0 Å². The molecule has 1 aromatic heterocycles. The topological polar surface area (TPSA) is 83.6 Å². The maximum atomic E-state index is 12.4. The van der Waals surface area contributed by atoms with Crippen molar-refractivity contribution in [2.75, 3.05) is 25.0 Å². The third-order valence-electron chi connectivity index (χ3n) is 3.67. The van der Waals surface area contributed by atoms with Crippen molar-refractivity contribution in [2.45, 2.75) is 32.0 Å². The summed E-state index contributed by atoms with van der Waals surface area (Å²) in [5.74, 6) is 0. The van der Waals surface area contributed by atoms with Crippen LogP contribution in [0.15, 0.2) is 18.3 Å². The number of anilines is 1. The molecule has 0 saturated carbocycles. The molecule has 25 heavy (non-hydrogen) atoms. The smallest absolute Gasteiger partial charge is 0.433 e. The number of halogens is 3. The van der Waals surface area contributed by atoms with Crippen molar-refractivity contribution in [1.82, 2.24) is 15.2 Å². The molecule has 1 aromatic rings. The fourth-order valence-corrected chi connectivity index (χ4v) is 2.41. The summed E-state index contributed by atoms with van der Waals surface area (Å²) in [5, 5.41) is 5.16. The second-order valence-electron chi connectivity index (χ2n) is 5.49. The van der Waals surface area contributed by atoms with E-state index in [2.05, 4.69) is 15.6 Å². The normalized spacial score (nSPS) is 15.6. The summed E-state index contributed by atoms with van der Waals surface area (Å²) >= 11 is 0. The number of amides is 3. The zero-order chi connectivity index (χ0) is 18.4. The van der Waals surface area contributed by atoms with Gasteiger partial charge < -0.3 is 20.3 Å². The van der Waals surface area contributed by atoms with Crippen LogP contribution in [0.4, 0.5) is 28.4 Å². The van der Waals surface area contributed by atoms with E-state index in [1.165, 1.54) is 0 Å². The van der Waals surface area contributed by atoms with Gasteiger partial charge in [0.25, 0.3) is 0 Å². The van der Waals surface area contributed by atoms with Crippen LogP contribution in [0.1, 0.15) is 25.5 Å². The molecule has 0 atom stereocenters. The van der Waals surface area contributed by atoms with Gasteiger partial charge in [-0.25, -0.2) is 14.6 Å². The highest BCUT2D eigenvalue weighted by Crippen LogP contribution is 2.27. The minimum Gasteiger partial charge on any atom is -0.450 e. The Hall–Kier alpha value is -2.52. The Bertz CT molecular complexity index is 599. The van der Waals surface area contributed by atoms with E-state index < -0.39 is 17.9 Å². The van der Waals surface area contributed by atoms with Crippen LogP contribution >= 0.6 is 0 Å². The number of hydrogen-bond donors (Lipinski definition) is 2. The molecular weight excluding hydrogens is 341 g/mol. The highest BCUT2D eigenvalue weighted by molar-refractivity contribution is 5.89. The van der Waals surface area contributed by atoms with Gasteiger partial charge in [-0.2, -0.15) is 13.2 Å². The summed E-state index contributed by atoms with van der Waals surface area (Å²) in [6, 6.07) is 1.27. The summed E-state index contributed by atoms with van der Waals surface area (Å²) in [4.78, 5) is 28.3. The predicted molar refractivity (Wildman–Crippen MR) is 83.0 cm³/mol. The Balaban J connectivity index is 1.78. The molecule has 3 amide bonds. The molecule has 138 valence electrons. The van der Waals surface area contributed by atoms with Crippen LogP contribution in [0.5, 0.6) is 0 Å². The average Bonchev–Trinajstić information content (AvgIpc) is 2.55. The summed E-state index contributed by atoms with van der Waals surface area (Å²) in [7, 11) is 0. The molecule has 2 rings (SSSR count). The van der Waals surface area contributed by atoms with Crippen molar-refractivity contribution in [3.8, 4) is 0 Å². The molecule has 2 heterocycles. The standard InChI is InChI=1S/C15H19F3N4O3/c1-2-25-14(24)22-7-5-10(6-8-22)20-13(23)21-11-3-4-12(19-9-11)15(16,17)18/h3-4,9-10H,2,5-8H2,1H3,(H2,20,21,23). The zero-order valence-electron chi connectivity index (χ0n) is 13.6. The molecule has 1 fully saturated rings. The number of rotatable bonds is 3. The summed E-state index contributed by atoms with van der Waals surface area (Å²) in [6.45, 7) is 2.96. The number of carbonyl (C=O) groups excluding carboxylic acids is 2. The monoisotopic (exact) mass is 360 g/mol. The lowest BCUT2D eigenvalue weighted by Gasteiger charge is -2.31. The van der Waals surface area contributed by atoms with Crippen molar-refractivity contribution >= 4 is 17.8 Å². The molecule has 0 unspecified atom stereocenters. The number of ether oxygens (including phenoxy) is 1. The lowest BCUT2D eigenvalue weighted by atomic mass is 10.1. The Morgan fingerprint density at radius 3 is 2.52 bits per heavy atom. The third-order valence-corrected chi connectivity index (χ3v) is 3.67. The number of pyridine rings is 1. The van der Waals surface area contributed by atoms with Gasteiger partial charge >= 0.3 is 18.3 Å². The van der Waals surface area contributed by atoms with Gasteiger partial charge in [-0.15, -0.1) is 0 Å². The minimum absolute atomic E-state index is 0.131. The van der Waals surface area contributed by atoms with Crippen LogP contribution in [-0.4, -0.2) is 47.7 Å². The van der Waals surface area contributed by atoms with E-state index in [9.17, 15) is 22.8 Å². The fourth-order valence-electron chi connectivity index (χ4n) is 2.41. The van der Waals surface area contributed by atoms with Crippen LogP contribution in [0, 0.1) is 0 Å². The van der Waals surface area contributed by atoms with Crippen LogP contribution in [-0.2, 0) is 10.9 Å². The van der Waals surface area contributed by atoms with Crippen molar-refractivity contribution in [2.24, 2.45) is 0 Å². The van der Waals surface area contributed by atoms with Crippen LogP contribution < -0.4 is 10.6 Å². The van der Waals surface area contributed by atoms with E-state index >= 15 is 0 Å². The van der Waals surface area contributed by atoms with Gasteiger partial charge in [0.2, 0.25) is 0 Å². The number of aromatic nitrogens is 1. The number of likely N-dealkylation sites (tertiary alicyclic amines) is 1. The largest absolute Gasteiger partial charge is 0.450 e. The van der Waals surface area contributed by atoms with Gasteiger partial charge in [-0.1, -0.05) is 0 Å². The first-order valence-electron chi connectivity index (χ1n) is 7.82. The van der Waals surface area contributed by atoms with E-state index in [0.29, 0.717) is 32.5 Å². The van der Waals surface area contributed by atoms with E-state index in [1.807, 2.05) is 0 Å². The number of piperidine rings is 1. The van der Waals surface area contributed by atoms with Crippen LogP contribution in [0.25, 0.3) is 0 Å². The predicted octanol–water partition coefficient (Wildman–Crippen LogP) is 2.84. The van der Waals surface area contributed by atoms with Crippen LogP contribution in [0.2, 0.25) is 0 Å². The average molecular weight is 360 g/mol. The lowest BCUT2D eigenvalue weighted by Crippen LogP contribution is -2.47. The Morgan fingerprint density at radius 2 is 2.00 bits per heavy atom. The highest BCUT2D eigenvalue weighted by Gasteiger charge is 2.32. The molecule has 0 bridgehead atoms. The Labute approximate surface area is 142 Å². The van der Waals surface area contributed by atoms with E-state index in [1.54, 1.807) is 11.8 Å². The van der Waals surface area contributed by atoms with Crippen molar-refractivity contribution in [3.63, 3.8) is 0 Å². The maximum Gasteiger partial charge on any atom is 0.433 e. The molecule has 0 radical (unpaired) electrons. The summed E-state index contributed by atoms with van der Waals surface area (Å²) in [6.07, 6.45) is -2.81. The lowest BCUT2D eigenvalue weighted by molar-refractivity contribution is -0.141. The van der Waals surface area contributed by atoms with Gasteiger partial charge in [0.15, 0.2) is 0 Å². The van der Waals surface area contributed by atoms with Gasteiger partial charge in [-0.05, 0) is 31.9 Å². The molecule has 1 saturated heterocycles. The van der Waals surface area contributed by atoms with Gasteiger partial charge in [0, 0.05) is 19.1 Å². The second-order valence-corrected chi connectivity index (χ2v) is 5.49. The van der Waals surface area contributed by atoms with Gasteiger partial charge in [0.05, 0.1) is 18.5 Å². The molecule has 0 aromatic carbocycles. The van der Waals surface area contributed by atoms with Crippen molar-refractivity contribution in [1.29, 1.82) is 0 Å². The number of alkyl halides is 3. The summed E-state index contributed by atoms with van der Waals surface area (Å²) in [5.41, 5.74) is -0.862. The number of urea groups is 1. The number of hydrogen-bond acceptors (Lipinski definition) is 4. The molecule has 0 aliphatic carbocycles. The molecule has 1 aliphatic heterocycles. The molecule has 10 heteroatoms. The first-order chi connectivity index (χ1) is 11.8. The zero-order valence-corrected chi connectivity index (χ0v) is 13.6. The number of nitrogens with one attached hydrogen (secondary N) is 2. The highest BCUT2D eigenvalue weighted by atomic mass is 19.4.